The van der Waals surface area contributed by atoms with Crippen molar-refractivity contribution in [2.24, 2.45) is 11.8 Å². The number of rotatable bonds is 4. The lowest BCUT2D eigenvalue weighted by atomic mass is 9.76. The van der Waals surface area contributed by atoms with E-state index in [0.29, 0.717) is 17.7 Å². The van der Waals surface area contributed by atoms with Gasteiger partial charge in [0.1, 0.15) is 11.4 Å². The Morgan fingerprint density at radius 2 is 1.80 bits per heavy atom. The van der Waals surface area contributed by atoms with E-state index < -0.39 is 35.0 Å². The van der Waals surface area contributed by atoms with Gasteiger partial charge in [-0.15, -0.1) is 0 Å². The number of carbonyl (C=O) groups is 3. The maximum atomic E-state index is 14.5. The van der Waals surface area contributed by atoms with E-state index in [0.717, 1.165) is 10.7 Å². The van der Waals surface area contributed by atoms with Crippen molar-refractivity contribution in [1.82, 2.24) is 5.32 Å². The number of fused-ring (bicyclic) bond motifs is 4. The van der Waals surface area contributed by atoms with Gasteiger partial charge in [0.2, 0.25) is 17.7 Å². The summed E-state index contributed by atoms with van der Waals surface area (Å²) < 4.78 is 14.5. The first-order chi connectivity index (χ1) is 14.5. The van der Waals surface area contributed by atoms with E-state index >= 15 is 0 Å². The number of halogens is 1. The molecule has 2 saturated heterocycles. The highest BCUT2D eigenvalue weighted by Crippen LogP contribution is 2.54. The summed E-state index contributed by atoms with van der Waals surface area (Å²) in [5, 5.41) is 6.23. The van der Waals surface area contributed by atoms with Gasteiger partial charge < -0.3 is 5.32 Å². The van der Waals surface area contributed by atoms with Gasteiger partial charge in [-0.1, -0.05) is 30.3 Å². The van der Waals surface area contributed by atoms with Crippen LogP contribution in [-0.2, 0) is 19.9 Å². The van der Waals surface area contributed by atoms with Gasteiger partial charge in [0.15, 0.2) is 0 Å². The standard InChI is InChI=1S/C22H20FN3O3S/c1-30-11-10-15-17-18(20(28)26(19(17)27)16-9-5-3-7-13(16)23)22(25-15)12-6-2-4-8-14(12)24-21(22)29/h2-9,15,17-18,25H,10-11H2,1H3,(H,24,29)/t15-,17-,18+,22-/m0/s1. The molecule has 2 aromatic carbocycles. The summed E-state index contributed by atoms with van der Waals surface area (Å²) in [6.07, 6.45) is 2.58. The van der Waals surface area contributed by atoms with E-state index in [9.17, 15) is 18.8 Å². The molecule has 8 heteroatoms. The number of anilines is 2. The van der Waals surface area contributed by atoms with Crippen LogP contribution in [-0.4, -0.2) is 35.8 Å². The van der Waals surface area contributed by atoms with Gasteiger partial charge in [-0.25, -0.2) is 9.29 Å². The number of benzene rings is 2. The monoisotopic (exact) mass is 425 g/mol. The smallest absolute Gasteiger partial charge is 0.250 e. The Balaban J connectivity index is 1.66. The molecule has 0 aliphatic carbocycles. The molecular formula is C22H20FN3O3S. The summed E-state index contributed by atoms with van der Waals surface area (Å²) in [6, 6.07) is 12.6. The molecular weight excluding hydrogens is 405 g/mol. The van der Waals surface area contributed by atoms with Crippen LogP contribution in [0.5, 0.6) is 0 Å². The number of nitrogens with one attached hydrogen (secondary N) is 2. The number of para-hydroxylation sites is 2. The van der Waals surface area contributed by atoms with Crippen LogP contribution >= 0.6 is 11.8 Å². The summed E-state index contributed by atoms with van der Waals surface area (Å²) in [5.74, 6) is -2.88. The summed E-state index contributed by atoms with van der Waals surface area (Å²) in [5.41, 5.74) is -0.110. The number of imide groups is 1. The maximum absolute atomic E-state index is 14.5. The van der Waals surface area contributed by atoms with Crippen LogP contribution in [0.2, 0.25) is 0 Å². The zero-order valence-corrected chi connectivity index (χ0v) is 17.0. The van der Waals surface area contributed by atoms with E-state index in [4.69, 9.17) is 0 Å². The molecule has 3 aliphatic heterocycles. The average molecular weight is 425 g/mol. The van der Waals surface area contributed by atoms with Gasteiger partial charge >= 0.3 is 0 Å². The Hall–Kier alpha value is -2.71. The molecule has 0 saturated carbocycles. The largest absolute Gasteiger partial charge is 0.324 e. The predicted octanol–water partition coefficient (Wildman–Crippen LogP) is 2.50. The van der Waals surface area contributed by atoms with Gasteiger partial charge in [0.05, 0.1) is 17.5 Å². The fourth-order valence-corrected chi connectivity index (χ4v) is 5.61. The molecule has 2 fully saturated rings. The summed E-state index contributed by atoms with van der Waals surface area (Å²) in [6.45, 7) is 0. The van der Waals surface area contributed by atoms with Crippen molar-refractivity contribution in [3.8, 4) is 0 Å². The maximum Gasteiger partial charge on any atom is 0.250 e. The molecule has 3 heterocycles. The molecule has 6 nitrogen and oxygen atoms in total. The van der Waals surface area contributed by atoms with Crippen molar-refractivity contribution in [3.05, 3.63) is 59.9 Å². The minimum atomic E-state index is -1.34. The first kappa shape index (κ1) is 19.3. The molecule has 30 heavy (non-hydrogen) atoms. The molecule has 0 bridgehead atoms. The SMILES string of the molecule is CSCC[C@@H]1N[C@]2(C(=O)Nc3ccccc32)[C@H]2C(=O)N(c3ccccc3F)C(=O)[C@@H]12. The van der Waals surface area contributed by atoms with E-state index in [-0.39, 0.29) is 17.6 Å². The fourth-order valence-electron chi connectivity index (χ4n) is 5.12. The van der Waals surface area contributed by atoms with Crippen molar-refractivity contribution in [1.29, 1.82) is 0 Å². The van der Waals surface area contributed by atoms with Crippen LogP contribution < -0.4 is 15.5 Å². The second kappa shape index (κ2) is 6.92. The van der Waals surface area contributed by atoms with E-state index in [1.54, 1.807) is 30.0 Å². The minimum Gasteiger partial charge on any atom is -0.324 e. The Bertz CT molecular complexity index is 1080. The molecule has 0 unspecified atom stereocenters. The Labute approximate surface area is 177 Å². The van der Waals surface area contributed by atoms with Crippen molar-refractivity contribution in [3.63, 3.8) is 0 Å². The zero-order chi connectivity index (χ0) is 21.0. The lowest BCUT2D eigenvalue weighted by Gasteiger charge is -2.29. The molecule has 0 radical (unpaired) electrons. The highest BCUT2D eigenvalue weighted by atomic mass is 32.2. The molecule has 5 rings (SSSR count). The van der Waals surface area contributed by atoms with Gasteiger partial charge in [-0.2, -0.15) is 11.8 Å². The topological polar surface area (TPSA) is 78.5 Å². The molecule has 4 atom stereocenters. The Morgan fingerprint density at radius 1 is 1.07 bits per heavy atom. The van der Waals surface area contributed by atoms with E-state index in [2.05, 4.69) is 10.6 Å². The summed E-state index contributed by atoms with van der Waals surface area (Å²) in [7, 11) is 0. The second-order valence-corrected chi connectivity index (χ2v) is 8.79. The average Bonchev–Trinajstić information content (AvgIpc) is 3.32. The Morgan fingerprint density at radius 3 is 2.57 bits per heavy atom. The molecule has 0 aromatic heterocycles. The lowest BCUT2D eigenvalue weighted by molar-refractivity contribution is -0.130. The van der Waals surface area contributed by atoms with E-state index in [1.165, 1.54) is 18.2 Å². The van der Waals surface area contributed by atoms with Gasteiger partial charge in [0.25, 0.3) is 0 Å². The van der Waals surface area contributed by atoms with Gasteiger partial charge in [-0.05, 0) is 36.6 Å². The predicted molar refractivity (Wildman–Crippen MR) is 113 cm³/mol. The summed E-state index contributed by atoms with van der Waals surface area (Å²) >= 11 is 1.63. The van der Waals surface area contributed by atoms with Crippen LogP contribution in [0, 0.1) is 17.7 Å². The second-order valence-electron chi connectivity index (χ2n) is 7.81. The van der Waals surface area contributed by atoms with Crippen LogP contribution in [0.3, 0.4) is 0 Å². The third-order valence-electron chi connectivity index (χ3n) is 6.35. The van der Waals surface area contributed by atoms with Crippen LogP contribution in [0.1, 0.15) is 12.0 Å². The number of carbonyl (C=O) groups excluding carboxylic acids is 3. The summed E-state index contributed by atoms with van der Waals surface area (Å²) in [4.78, 5) is 41.2. The Kier molecular flexibility index (Phi) is 4.44. The van der Waals surface area contributed by atoms with Crippen LogP contribution in [0.4, 0.5) is 15.8 Å². The van der Waals surface area contributed by atoms with Crippen LogP contribution in [0.15, 0.2) is 48.5 Å². The van der Waals surface area contributed by atoms with Crippen molar-refractivity contribution >= 4 is 40.9 Å². The van der Waals surface area contributed by atoms with E-state index in [1.807, 2.05) is 18.4 Å². The first-order valence-electron chi connectivity index (χ1n) is 9.80. The van der Waals surface area contributed by atoms with Crippen molar-refractivity contribution < 1.29 is 18.8 Å². The van der Waals surface area contributed by atoms with Gasteiger partial charge in [-0.3, -0.25) is 19.7 Å². The molecule has 1 spiro atoms. The zero-order valence-electron chi connectivity index (χ0n) is 16.2. The number of hydrogen-bond acceptors (Lipinski definition) is 5. The molecule has 154 valence electrons. The fraction of sp³-hybridized carbons (Fsp3) is 0.318. The quantitative estimate of drug-likeness (QED) is 0.736. The van der Waals surface area contributed by atoms with Crippen LogP contribution in [0.25, 0.3) is 0 Å². The lowest BCUT2D eigenvalue weighted by Crippen LogP contribution is -2.53. The third kappa shape index (κ3) is 2.43. The van der Waals surface area contributed by atoms with Gasteiger partial charge in [0, 0.05) is 17.3 Å². The van der Waals surface area contributed by atoms with Crippen molar-refractivity contribution in [2.45, 2.75) is 18.0 Å². The molecule has 3 amide bonds. The number of thioether (sulfide) groups is 1. The number of amides is 3. The molecule has 3 aliphatic rings. The number of hydrogen-bond donors (Lipinski definition) is 2. The highest BCUT2D eigenvalue weighted by molar-refractivity contribution is 7.98. The highest BCUT2D eigenvalue weighted by Gasteiger charge is 2.70. The molecule has 2 N–H and O–H groups in total. The minimum absolute atomic E-state index is 0.0626. The normalized spacial score (nSPS) is 29.5. The van der Waals surface area contributed by atoms with Crippen molar-refractivity contribution in [2.75, 3.05) is 22.2 Å². The molecule has 2 aromatic rings. The third-order valence-corrected chi connectivity index (χ3v) is 6.99. The first-order valence-corrected chi connectivity index (χ1v) is 11.2. The number of nitrogens with zero attached hydrogens (tertiary/aromatic N) is 1.